The molecule has 0 atom stereocenters. The van der Waals surface area contributed by atoms with Crippen LogP contribution in [0, 0.1) is 0 Å². The van der Waals surface area contributed by atoms with Crippen LogP contribution in [0.25, 0.3) is 0 Å². The van der Waals surface area contributed by atoms with Crippen LogP contribution in [-0.4, -0.2) is 32.8 Å². The van der Waals surface area contributed by atoms with Gasteiger partial charge in [0, 0.05) is 24.8 Å². The van der Waals surface area contributed by atoms with Crippen molar-refractivity contribution >= 4 is 5.69 Å². The smallest absolute Gasteiger partial charge is 0.119 e. The van der Waals surface area contributed by atoms with E-state index in [9.17, 15) is 0 Å². The summed E-state index contributed by atoms with van der Waals surface area (Å²) >= 11 is 0. The molecule has 3 nitrogen and oxygen atoms in total. The van der Waals surface area contributed by atoms with E-state index in [0.29, 0.717) is 0 Å². The van der Waals surface area contributed by atoms with Gasteiger partial charge in [-0.2, -0.15) is 0 Å². The first kappa shape index (κ1) is 15.8. The number of benzene rings is 1. The number of hydrogen-bond acceptors (Lipinski definition) is 3. The Labute approximate surface area is 118 Å². The molecular formula is C16H28N2O. The molecular weight excluding hydrogens is 236 g/mol. The summed E-state index contributed by atoms with van der Waals surface area (Å²) in [5.41, 5.74) is 1.46. The Bertz CT molecular complexity index is 354. The van der Waals surface area contributed by atoms with Crippen LogP contribution in [0.1, 0.15) is 33.6 Å². The van der Waals surface area contributed by atoms with Crippen LogP contribution >= 0.6 is 0 Å². The maximum absolute atomic E-state index is 5.17. The first-order chi connectivity index (χ1) is 8.92. The van der Waals surface area contributed by atoms with E-state index in [1.165, 1.54) is 18.5 Å². The second-order valence-electron chi connectivity index (χ2n) is 6.00. The fourth-order valence-corrected chi connectivity index (χ4v) is 1.90. The van der Waals surface area contributed by atoms with Gasteiger partial charge in [0.25, 0.3) is 0 Å². The molecule has 0 heterocycles. The Morgan fingerprint density at radius 1 is 1.11 bits per heavy atom. The monoisotopic (exact) mass is 264 g/mol. The molecule has 0 radical (unpaired) electrons. The van der Waals surface area contributed by atoms with Crippen LogP contribution in [0.2, 0.25) is 0 Å². The van der Waals surface area contributed by atoms with Gasteiger partial charge in [-0.05, 0) is 64.4 Å². The predicted octanol–water partition coefficient (Wildman–Crippen LogP) is 3.30. The Morgan fingerprint density at radius 3 is 2.26 bits per heavy atom. The molecule has 0 bridgehead atoms. The normalized spacial score (nSPS) is 11.4. The van der Waals surface area contributed by atoms with Crippen molar-refractivity contribution in [2.24, 2.45) is 0 Å². The summed E-state index contributed by atoms with van der Waals surface area (Å²) in [5, 5.41) is 3.52. The highest BCUT2D eigenvalue weighted by Crippen LogP contribution is 2.18. The summed E-state index contributed by atoms with van der Waals surface area (Å²) in [6.45, 7) is 8.78. The van der Waals surface area contributed by atoms with Gasteiger partial charge in [0.05, 0.1) is 7.11 Å². The van der Waals surface area contributed by atoms with Gasteiger partial charge in [0.1, 0.15) is 5.75 Å². The van der Waals surface area contributed by atoms with Gasteiger partial charge >= 0.3 is 0 Å². The third-order valence-corrected chi connectivity index (χ3v) is 3.09. The summed E-state index contributed by atoms with van der Waals surface area (Å²) < 4.78 is 5.17. The molecule has 19 heavy (non-hydrogen) atoms. The molecule has 0 unspecified atom stereocenters. The van der Waals surface area contributed by atoms with Crippen molar-refractivity contribution < 1.29 is 4.74 Å². The van der Waals surface area contributed by atoms with E-state index in [0.717, 1.165) is 18.8 Å². The molecule has 0 spiro atoms. The minimum Gasteiger partial charge on any atom is -0.497 e. The Balaban J connectivity index is 2.25. The molecule has 0 amide bonds. The first-order valence-corrected chi connectivity index (χ1v) is 7.02. The zero-order valence-electron chi connectivity index (χ0n) is 13.0. The third-order valence-electron chi connectivity index (χ3n) is 3.09. The van der Waals surface area contributed by atoms with Gasteiger partial charge in [0.15, 0.2) is 0 Å². The quantitative estimate of drug-likeness (QED) is 0.765. The van der Waals surface area contributed by atoms with Crippen molar-refractivity contribution in [1.82, 2.24) is 5.32 Å². The summed E-state index contributed by atoms with van der Waals surface area (Å²) in [6, 6.07) is 8.22. The molecule has 108 valence electrons. The fourth-order valence-electron chi connectivity index (χ4n) is 1.90. The van der Waals surface area contributed by atoms with E-state index >= 15 is 0 Å². The number of nitrogens with zero attached hydrogens (tertiary/aromatic N) is 1. The summed E-state index contributed by atoms with van der Waals surface area (Å²) in [7, 11) is 3.83. The lowest BCUT2D eigenvalue weighted by molar-refractivity contribution is 0.415. The molecule has 1 N–H and O–H groups in total. The molecule has 0 saturated heterocycles. The molecule has 0 fully saturated rings. The van der Waals surface area contributed by atoms with Crippen molar-refractivity contribution in [3.63, 3.8) is 0 Å². The Morgan fingerprint density at radius 2 is 1.74 bits per heavy atom. The highest BCUT2D eigenvalue weighted by Gasteiger charge is 2.07. The molecule has 0 aliphatic carbocycles. The first-order valence-electron chi connectivity index (χ1n) is 7.02. The minimum atomic E-state index is 0.224. The van der Waals surface area contributed by atoms with Gasteiger partial charge in [0.2, 0.25) is 0 Å². The maximum Gasteiger partial charge on any atom is 0.119 e. The lowest BCUT2D eigenvalue weighted by Gasteiger charge is -2.22. The SMILES string of the molecule is COc1ccc(N(C)CCCCNC(C)(C)C)cc1. The van der Waals surface area contributed by atoms with Gasteiger partial charge in [-0.25, -0.2) is 0 Å². The number of methoxy groups -OCH3 is 1. The zero-order chi connectivity index (χ0) is 14.3. The van der Waals surface area contributed by atoms with E-state index in [4.69, 9.17) is 4.74 Å². The van der Waals surface area contributed by atoms with E-state index in [-0.39, 0.29) is 5.54 Å². The molecule has 1 rings (SSSR count). The Hall–Kier alpha value is -1.22. The van der Waals surface area contributed by atoms with Crippen LogP contribution in [0.5, 0.6) is 5.75 Å². The van der Waals surface area contributed by atoms with Crippen LogP contribution in [0.3, 0.4) is 0 Å². The van der Waals surface area contributed by atoms with Crippen molar-refractivity contribution in [2.75, 3.05) is 32.1 Å². The lowest BCUT2D eigenvalue weighted by atomic mass is 10.1. The number of rotatable bonds is 7. The highest BCUT2D eigenvalue weighted by molar-refractivity contribution is 5.48. The predicted molar refractivity (Wildman–Crippen MR) is 83.3 cm³/mol. The second-order valence-corrected chi connectivity index (χ2v) is 6.00. The molecule has 1 aromatic rings. The number of hydrogen-bond donors (Lipinski definition) is 1. The van der Waals surface area contributed by atoms with Crippen LogP contribution in [0.15, 0.2) is 24.3 Å². The van der Waals surface area contributed by atoms with Gasteiger partial charge < -0.3 is 15.0 Å². The average Bonchev–Trinajstić information content (AvgIpc) is 2.37. The van der Waals surface area contributed by atoms with E-state index < -0.39 is 0 Å². The molecule has 0 saturated carbocycles. The highest BCUT2D eigenvalue weighted by atomic mass is 16.5. The number of anilines is 1. The van der Waals surface area contributed by atoms with Crippen LogP contribution < -0.4 is 15.0 Å². The van der Waals surface area contributed by atoms with Crippen LogP contribution in [0.4, 0.5) is 5.69 Å². The number of unbranched alkanes of at least 4 members (excludes halogenated alkanes) is 1. The number of nitrogens with one attached hydrogen (secondary N) is 1. The molecule has 0 aromatic heterocycles. The minimum absolute atomic E-state index is 0.224. The molecule has 0 aliphatic rings. The summed E-state index contributed by atoms with van der Waals surface area (Å²) in [6.07, 6.45) is 2.41. The van der Waals surface area contributed by atoms with Crippen LogP contribution in [-0.2, 0) is 0 Å². The van der Waals surface area contributed by atoms with Gasteiger partial charge in [-0.15, -0.1) is 0 Å². The number of ether oxygens (including phenoxy) is 1. The van der Waals surface area contributed by atoms with E-state index in [1.807, 2.05) is 12.1 Å². The summed E-state index contributed by atoms with van der Waals surface area (Å²) in [5.74, 6) is 0.909. The molecule has 3 heteroatoms. The van der Waals surface area contributed by atoms with Crippen molar-refractivity contribution in [3.05, 3.63) is 24.3 Å². The van der Waals surface area contributed by atoms with E-state index in [2.05, 4.69) is 50.2 Å². The standard InChI is InChI=1S/C16H28N2O/c1-16(2,3)17-12-6-7-13-18(4)14-8-10-15(19-5)11-9-14/h8-11,17H,6-7,12-13H2,1-5H3. The van der Waals surface area contributed by atoms with E-state index in [1.54, 1.807) is 7.11 Å². The third kappa shape index (κ3) is 6.48. The Kier molecular flexibility index (Phi) is 6.16. The van der Waals surface area contributed by atoms with Gasteiger partial charge in [-0.1, -0.05) is 0 Å². The largest absolute Gasteiger partial charge is 0.497 e. The topological polar surface area (TPSA) is 24.5 Å². The van der Waals surface area contributed by atoms with Gasteiger partial charge in [-0.3, -0.25) is 0 Å². The summed E-state index contributed by atoms with van der Waals surface area (Å²) in [4.78, 5) is 2.29. The second kappa shape index (κ2) is 7.39. The molecule has 1 aromatic carbocycles. The fraction of sp³-hybridized carbons (Fsp3) is 0.625. The average molecular weight is 264 g/mol. The lowest BCUT2D eigenvalue weighted by Crippen LogP contribution is -2.36. The zero-order valence-corrected chi connectivity index (χ0v) is 13.0. The van der Waals surface area contributed by atoms with Crippen molar-refractivity contribution in [3.8, 4) is 5.75 Å². The maximum atomic E-state index is 5.17. The van der Waals surface area contributed by atoms with Crippen molar-refractivity contribution in [2.45, 2.75) is 39.2 Å². The molecule has 0 aliphatic heterocycles. The van der Waals surface area contributed by atoms with Crippen molar-refractivity contribution in [1.29, 1.82) is 0 Å².